The van der Waals surface area contributed by atoms with Crippen molar-refractivity contribution < 1.29 is 9.18 Å². The number of carbonyl (C=O) groups excluding carboxylic acids is 1. The highest BCUT2D eigenvalue weighted by atomic mass is 19.1. The number of hydrogen-bond donors (Lipinski definition) is 1. The van der Waals surface area contributed by atoms with Gasteiger partial charge in [0, 0.05) is 17.3 Å². The minimum Gasteiger partial charge on any atom is -0.397 e. The quantitative estimate of drug-likeness (QED) is 0.860. The highest BCUT2D eigenvalue weighted by Gasteiger charge is 2.21. The molecule has 19 heavy (non-hydrogen) atoms. The maximum Gasteiger partial charge on any atom is 0.211 e. The van der Waals surface area contributed by atoms with E-state index in [0.717, 1.165) is 5.69 Å². The van der Waals surface area contributed by atoms with Crippen LogP contribution in [0.5, 0.6) is 0 Å². The first-order chi connectivity index (χ1) is 8.91. The Hall–Kier alpha value is -2.10. The lowest BCUT2D eigenvalue weighted by Gasteiger charge is -2.15. The number of aromatic nitrogens is 1. The number of ketones is 1. The van der Waals surface area contributed by atoms with Gasteiger partial charge in [0.2, 0.25) is 5.78 Å². The van der Waals surface area contributed by atoms with Crippen LogP contribution in [0.4, 0.5) is 10.1 Å². The van der Waals surface area contributed by atoms with Crippen molar-refractivity contribution in [3.8, 4) is 0 Å². The fraction of sp³-hybridized carbons (Fsp3) is 0.267. The van der Waals surface area contributed by atoms with Gasteiger partial charge in [-0.2, -0.15) is 0 Å². The number of nitrogens with two attached hydrogens (primary N) is 1. The number of anilines is 1. The number of aryl methyl sites for hydroxylation is 1. The van der Waals surface area contributed by atoms with Crippen molar-refractivity contribution in [2.75, 3.05) is 5.73 Å². The van der Waals surface area contributed by atoms with E-state index in [1.54, 1.807) is 6.07 Å². The number of halogens is 1. The molecule has 0 aliphatic heterocycles. The zero-order valence-electron chi connectivity index (χ0n) is 11.3. The van der Waals surface area contributed by atoms with Crippen LogP contribution in [0.1, 0.15) is 41.6 Å². The number of benzene rings is 1. The molecule has 0 aliphatic carbocycles. The van der Waals surface area contributed by atoms with Crippen LogP contribution in [0.2, 0.25) is 0 Å². The summed E-state index contributed by atoms with van der Waals surface area (Å²) < 4.78 is 14.8. The molecule has 0 amide bonds. The summed E-state index contributed by atoms with van der Waals surface area (Å²) in [5.41, 5.74) is 8.24. The predicted octanol–water partition coefficient (Wildman–Crippen LogP) is 3.33. The third-order valence-electron chi connectivity index (χ3n) is 3.10. The lowest BCUT2D eigenvalue weighted by atomic mass is 10.1. The number of hydrogen-bond acceptors (Lipinski definition) is 2. The van der Waals surface area contributed by atoms with Crippen LogP contribution in [0, 0.1) is 12.7 Å². The molecule has 100 valence electrons. The Bertz CT molecular complexity index is 612. The standard InChI is InChI=1S/C15H17FN2O/c1-9(2)18-10(3)8-13(17)14(18)15(19)11-4-6-12(16)7-5-11/h4-9H,17H2,1-3H3. The van der Waals surface area contributed by atoms with Gasteiger partial charge >= 0.3 is 0 Å². The third kappa shape index (κ3) is 2.38. The van der Waals surface area contributed by atoms with Crippen molar-refractivity contribution in [1.29, 1.82) is 0 Å². The molecule has 1 aromatic carbocycles. The van der Waals surface area contributed by atoms with E-state index in [1.807, 2.05) is 25.3 Å². The SMILES string of the molecule is Cc1cc(N)c(C(=O)c2ccc(F)cc2)n1C(C)C. The van der Waals surface area contributed by atoms with Crippen molar-refractivity contribution >= 4 is 11.5 Å². The Morgan fingerprint density at radius 1 is 1.26 bits per heavy atom. The van der Waals surface area contributed by atoms with Gasteiger partial charge in [0.25, 0.3) is 0 Å². The van der Waals surface area contributed by atoms with Crippen molar-refractivity contribution in [2.24, 2.45) is 0 Å². The summed E-state index contributed by atoms with van der Waals surface area (Å²) in [7, 11) is 0. The smallest absolute Gasteiger partial charge is 0.211 e. The first-order valence-corrected chi connectivity index (χ1v) is 6.19. The average molecular weight is 260 g/mol. The Balaban J connectivity index is 2.52. The molecule has 3 nitrogen and oxygen atoms in total. The zero-order valence-corrected chi connectivity index (χ0v) is 11.3. The van der Waals surface area contributed by atoms with E-state index >= 15 is 0 Å². The van der Waals surface area contributed by atoms with E-state index in [1.165, 1.54) is 24.3 Å². The third-order valence-corrected chi connectivity index (χ3v) is 3.10. The summed E-state index contributed by atoms with van der Waals surface area (Å²) in [5, 5.41) is 0. The Morgan fingerprint density at radius 2 is 1.84 bits per heavy atom. The zero-order chi connectivity index (χ0) is 14.2. The second kappa shape index (κ2) is 4.88. The minimum atomic E-state index is -0.361. The van der Waals surface area contributed by atoms with Gasteiger partial charge in [0.1, 0.15) is 11.5 Å². The first-order valence-electron chi connectivity index (χ1n) is 6.19. The van der Waals surface area contributed by atoms with E-state index in [-0.39, 0.29) is 17.6 Å². The summed E-state index contributed by atoms with van der Waals surface area (Å²) in [6, 6.07) is 7.43. The van der Waals surface area contributed by atoms with Gasteiger partial charge in [-0.05, 0) is 51.1 Å². The van der Waals surface area contributed by atoms with Gasteiger partial charge in [0.15, 0.2) is 0 Å². The topological polar surface area (TPSA) is 48.0 Å². The van der Waals surface area contributed by atoms with Crippen molar-refractivity contribution in [3.63, 3.8) is 0 Å². The van der Waals surface area contributed by atoms with Crippen molar-refractivity contribution in [1.82, 2.24) is 4.57 Å². The van der Waals surface area contributed by atoms with E-state index in [0.29, 0.717) is 16.9 Å². The largest absolute Gasteiger partial charge is 0.397 e. The molecule has 0 unspecified atom stereocenters. The van der Waals surface area contributed by atoms with Crippen molar-refractivity contribution in [3.05, 3.63) is 53.1 Å². The molecule has 0 spiro atoms. The maximum atomic E-state index is 12.9. The van der Waals surface area contributed by atoms with Gasteiger partial charge in [-0.25, -0.2) is 4.39 Å². The van der Waals surface area contributed by atoms with E-state index in [4.69, 9.17) is 5.73 Å². The lowest BCUT2D eigenvalue weighted by Crippen LogP contribution is -2.14. The molecule has 1 heterocycles. The molecule has 0 bridgehead atoms. The maximum absolute atomic E-state index is 12.9. The summed E-state index contributed by atoms with van der Waals surface area (Å²) in [5.74, 6) is -0.542. The molecule has 1 aromatic heterocycles. The van der Waals surface area contributed by atoms with Gasteiger partial charge < -0.3 is 10.3 Å². The summed E-state index contributed by atoms with van der Waals surface area (Å²) >= 11 is 0. The van der Waals surface area contributed by atoms with Crippen LogP contribution in [-0.2, 0) is 0 Å². The molecule has 0 aliphatic rings. The van der Waals surface area contributed by atoms with Gasteiger partial charge in [-0.15, -0.1) is 0 Å². The van der Waals surface area contributed by atoms with Crippen LogP contribution in [-0.4, -0.2) is 10.4 Å². The molecule has 2 aromatic rings. The molecule has 2 rings (SSSR count). The fourth-order valence-corrected chi connectivity index (χ4v) is 2.32. The average Bonchev–Trinajstić information content (AvgIpc) is 2.64. The highest BCUT2D eigenvalue weighted by Crippen LogP contribution is 2.25. The minimum absolute atomic E-state index is 0.136. The number of rotatable bonds is 3. The van der Waals surface area contributed by atoms with Crippen LogP contribution < -0.4 is 5.73 Å². The summed E-state index contributed by atoms with van der Waals surface area (Å²) in [6.07, 6.45) is 0. The van der Waals surface area contributed by atoms with Gasteiger partial charge in [0.05, 0.1) is 5.69 Å². The molecule has 0 radical (unpaired) electrons. The highest BCUT2D eigenvalue weighted by molar-refractivity contribution is 6.11. The molecular weight excluding hydrogens is 243 g/mol. The summed E-state index contributed by atoms with van der Waals surface area (Å²) in [4.78, 5) is 12.5. The van der Waals surface area contributed by atoms with Crippen LogP contribution in [0.3, 0.4) is 0 Å². The molecule has 4 heteroatoms. The molecular formula is C15H17FN2O. The van der Waals surface area contributed by atoms with E-state index in [2.05, 4.69) is 0 Å². The molecule has 0 saturated carbocycles. The van der Waals surface area contributed by atoms with Crippen molar-refractivity contribution in [2.45, 2.75) is 26.8 Å². The summed E-state index contributed by atoms with van der Waals surface area (Å²) in [6.45, 7) is 5.90. The number of carbonyl (C=O) groups is 1. The molecule has 2 N–H and O–H groups in total. The van der Waals surface area contributed by atoms with Crippen LogP contribution in [0.25, 0.3) is 0 Å². The second-order valence-electron chi connectivity index (χ2n) is 4.89. The molecule has 0 saturated heterocycles. The Kier molecular flexibility index (Phi) is 3.42. The fourth-order valence-electron chi connectivity index (χ4n) is 2.32. The van der Waals surface area contributed by atoms with Crippen LogP contribution >= 0.6 is 0 Å². The predicted molar refractivity (Wildman–Crippen MR) is 73.8 cm³/mol. The first kappa shape index (κ1) is 13.3. The molecule has 0 atom stereocenters. The monoisotopic (exact) mass is 260 g/mol. The van der Waals surface area contributed by atoms with Crippen LogP contribution in [0.15, 0.2) is 30.3 Å². The molecule has 0 fully saturated rings. The van der Waals surface area contributed by atoms with E-state index < -0.39 is 0 Å². The lowest BCUT2D eigenvalue weighted by molar-refractivity contribution is 0.102. The Morgan fingerprint density at radius 3 is 2.37 bits per heavy atom. The second-order valence-corrected chi connectivity index (χ2v) is 4.89. The van der Waals surface area contributed by atoms with Gasteiger partial charge in [-0.3, -0.25) is 4.79 Å². The normalized spacial score (nSPS) is 11.0. The number of nitrogen functional groups attached to an aromatic ring is 1. The number of nitrogens with zero attached hydrogens (tertiary/aromatic N) is 1. The van der Waals surface area contributed by atoms with Gasteiger partial charge in [-0.1, -0.05) is 0 Å². The van der Waals surface area contributed by atoms with E-state index in [9.17, 15) is 9.18 Å². The Labute approximate surface area is 111 Å².